The number of hydrogen-bond donors (Lipinski definition) is 1. The van der Waals surface area contributed by atoms with Gasteiger partial charge in [-0.3, -0.25) is 9.10 Å². The molecule has 1 fully saturated rings. The second-order valence-corrected chi connectivity index (χ2v) is 10.7. The highest BCUT2D eigenvalue weighted by molar-refractivity contribution is 7.93. The second-order valence-electron chi connectivity index (χ2n) is 7.67. The molecule has 0 atom stereocenters. The van der Waals surface area contributed by atoms with Crippen LogP contribution in [0, 0.1) is 0 Å². The largest absolute Gasteiger partial charge is 0.321 e. The van der Waals surface area contributed by atoms with Crippen molar-refractivity contribution in [1.82, 2.24) is 4.98 Å². The maximum Gasteiger partial charge on any atom is 0.268 e. The van der Waals surface area contributed by atoms with Crippen LogP contribution < -0.4 is 9.62 Å². The first-order valence-corrected chi connectivity index (χ1v) is 13.0. The van der Waals surface area contributed by atoms with Crippen LogP contribution in [0.3, 0.4) is 0 Å². The topological polar surface area (TPSA) is 79.4 Å². The van der Waals surface area contributed by atoms with E-state index < -0.39 is 10.0 Å². The van der Waals surface area contributed by atoms with Crippen LogP contribution in [0.1, 0.15) is 16.1 Å². The van der Waals surface area contributed by atoms with E-state index in [0.29, 0.717) is 34.9 Å². The SMILES string of the molecule is O=C(Nc1ccc(N2CCCS2(=O)=O)cc1)c1sc(-c2ccccc2)nc1-c1ccccc1. The van der Waals surface area contributed by atoms with E-state index in [2.05, 4.69) is 5.32 Å². The standard InChI is InChI=1S/C25H21N3O3S2/c29-24(26-20-12-14-21(15-13-20)28-16-7-17-33(28,30)31)23-22(18-8-3-1-4-9-18)27-25(32-23)19-10-5-2-6-11-19/h1-6,8-15H,7,16-17H2,(H,26,29). The maximum atomic E-state index is 13.3. The second kappa shape index (κ2) is 8.80. The molecular weight excluding hydrogens is 454 g/mol. The van der Waals surface area contributed by atoms with E-state index in [9.17, 15) is 13.2 Å². The van der Waals surface area contributed by atoms with Gasteiger partial charge >= 0.3 is 0 Å². The van der Waals surface area contributed by atoms with Gasteiger partial charge in [-0.15, -0.1) is 11.3 Å². The van der Waals surface area contributed by atoms with Crippen molar-refractivity contribution < 1.29 is 13.2 Å². The van der Waals surface area contributed by atoms with E-state index in [1.54, 1.807) is 24.3 Å². The van der Waals surface area contributed by atoms with Crippen LogP contribution in [0.15, 0.2) is 84.9 Å². The van der Waals surface area contributed by atoms with Crippen molar-refractivity contribution in [3.8, 4) is 21.8 Å². The Morgan fingerprint density at radius 3 is 2.12 bits per heavy atom. The number of hydrogen-bond acceptors (Lipinski definition) is 5. The van der Waals surface area contributed by atoms with Crippen LogP contribution in [0.5, 0.6) is 0 Å². The highest BCUT2D eigenvalue weighted by Gasteiger charge is 2.28. The number of sulfonamides is 1. The lowest BCUT2D eigenvalue weighted by molar-refractivity contribution is 0.103. The van der Waals surface area contributed by atoms with Gasteiger partial charge in [-0.2, -0.15) is 0 Å². The van der Waals surface area contributed by atoms with Crippen LogP contribution in [0.25, 0.3) is 21.8 Å². The van der Waals surface area contributed by atoms with Crippen molar-refractivity contribution in [3.05, 3.63) is 89.8 Å². The average Bonchev–Trinajstić information content (AvgIpc) is 3.44. The summed E-state index contributed by atoms with van der Waals surface area (Å²) >= 11 is 1.35. The highest BCUT2D eigenvalue weighted by Crippen LogP contribution is 2.34. The van der Waals surface area contributed by atoms with Crippen molar-refractivity contribution in [1.29, 1.82) is 0 Å². The molecular formula is C25H21N3O3S2. The summed E-state index contributed by atoms with van der Waals surface area (Å²) in [4.78, 5) is 18.5. The van der Waals surface area contributed by atoms with Gasteiger partial charge < -0.3 is 5.32 Å². The molecule has 0 unspecified atom stereocenters. The molecule has 1 aliphatic heterocycles. The van der Waals surface area contributed by atoms with Crippen molar-refractivity contribution in [2.45, 2.75) is 6.42 Å². The Labute approximate surface area is 196 Å². The molecule has 6 nitrogen and oxygen atoms in total. The van der Waals surface area contributed by atoms with Crippen LogP contribution in [-0.2, 0) is 10.0 Å². The number of anilines is 2. The fraction of sp³-hybridized carbons (Fsp3) is 0.120. The number of benzene rings is 3. The molecule has 1 amide bonds. The molecule has 1 saturated heterocycles. The van der Waals surface area contributed by atoms with Gasteiger partial charge in [-0.25, -0.2) is 13.4 Å². The molecule has 0 saturated carbocycles. The van der Waals surface area contributed by atoms with E-state index in [-0.39, 0.29) is 11.7 Å². The minimum atomic E-state index is -3.24. The summed E-state index contributed by atoms with van der Waals surface area (Å²) in [5, 5.41) is 3.71. The molecule has 0 bridgehead atoms. The summed E-state index contributed by atoms with van der Waals surface area (Å²) in [6, 6.07) is 26.3. The number of carbonyl (C=O) groups excluding carboxylic acids is 1. The molecule has 33 heavy (non-hydrogen) atoms. The average molecular weight is 476 g/mol. The Kier molecular flexibility index (Phi) is 5.70. The highest BCUT2D eigenvalue weighted by atomic mass is 32.2. The van der Waals surface area contributed by atoms with Gasteiger partial charge in [0.1, 0.15) is 9.88 Å². The van der Waals surface area contributed by atoms with Gasteiger partial charge in [0.25, 0.3) is 5.91 Å². The quantitative estimate of drug-likeness (QED) is 0.427. The van der Waals surface area contributed by atoms with E-state index in [1.807, 2.05) is 60.7 Å². The normalized spacial score (nSPS) is 14.8. The predicted octanol–water partition coefficient (Wildman–Crippen LogP) is 5.27. The molecule has 1 aromatic heterocycles. The molecule has 0 spiro atoms. The minimum absolute atomic E-state index is 0.170. The van der Waals surface area contributed by atoms with Crippen LogP contribution >= 0.6 is 11.3 Å². The van der Waals surface area contributed by atoms with E-state index >= 15 is 0 Å². The molecule has 5 rings (SSSR count). The molecule has 4 aromatic rings. The smallest absolute Gasteiger partial charge is 0.268 e. The van der Waals surface area contributed by atoms with Crippen molar-refractivity contribution in [2.75, 3.05) is 21.9 Å². The molecule has 1 aliphatic rings. The molecule has 8 heteroatoms. The lowest BCUT2D eigenvalue weighted by Crippen LogP contribution is -2.24. The number of aromatic nitrogens is 1. The van der Waals surface area contributed by atoms with Crippen LogP contribution in [0.2, 0.25) is 0 Å². The summed E-state index contributed by atoms with van der Waals surface area (Å²) in [7, 11) is -3.24. The summed E-state index contributed by atoms with van der Waals surface area (Å²) in [5.41, 5.74) is 3.66. The minimum Gasteiger partial charge on any atom is -0.321 e. The first-order valence-electron chi connectivity index (χ1n) is 10.5. The summed E-state index contributed by atoms with van der Waals surface area (Å²) in [6.45, 7) is 0.484. The summed E-state index contributed by atoms with van der Waals surface area (Å²) in [5.74, 6) is -0.0850. The van der Waals surface area contributed by atoms with Crippen molar-refractivity contribution in [2.24, 2.45) is 0 Å². The van der Waals surface area contributed by atoms with Gasteiger partial charge in [-0.1, -0.05) is 60.7 Å². The number of amides is 1. The fourth-order valence-electron chi connectivity index (χ4n) is 3.80. The van der Waals surface area contributed by atoms with E-state index in [4.69, 9.17) is 4.98 Å². The van der Waals surface area contributed by atoms with Gasteiger partial charge in [0.05, 0.1) is 17.1 Å². The maximum absolute atomic E-state index is 13.3. The van der Waals surface area contributed by atoms with Gasteiger partial charge in [0, 0.05) is 23.4 Å². The number of nitrogens with one attached hydrogen (secondary N) is 1. The first-order chi connectivity index (χ1) is 16.0. The third-order valence-corrected chi connectivity index (χ3v) is 8.39. The van der Waals surface area contributed by atoms with E-state index in [1.165, 1.54) is 15.6 Å². The molecule has 1 N–H and O–H groups in total. The van der Waals surface area contributed by atoms with Gasteiger partial charge in [0.2, 0.25) is 10.0 Å². The Bertz CT molecular complexity index is 1380. The zero-order valence-electron chi connectivity index (χ0n) is 17.6. The number of carbonyl (C=O) groups is 1. The Balaban J connectivity index is 1.44. The van der Waals surface area contributed by atoms with E-state index in [0.717, 1.165) is 16.1 Å². The molecule has 2 heterocycles. The third-order valence-electron chi connectivity index (χ3n) is 5.41. The number of thiazole rings is 1. The zero-order chi connectivity index (χ0) is 22.8. The molecule has 3 aromatic carbocycles. The van der Waals surface area contributed by atoms with Crippen molar-refractivity contribution in [3.63, 3.8) is 0 Å². The first kappa shape index (κ1) is 21.4. The Morgan fingerprint density at radius 2 is 1.52 bits per heavy atom. The summed E-state index contributed by atoms with van der Waals surface area (Å²) < 4.78 is 25.7. The lowest BCUT2D eigenvalue weighted by atomic mass is 10.1. The Morgan fingerprint density at radius 1 is 0.879 bits per heavy atom. The number of nitrogens with zero attached hydrogens (tertiary/aromatic N) is 2. The molecule has 166 valence electrons. The molecule has 0 radical (unpaired) electrons. The van der Waals surface area contributed by atoms with Crippen LogP contribution in [0.4, 0.5) is 11.4 Å². The third kappa shape index (κ3) is 4.40. The van der Waals surface area contributed by atoms with Crippen molar-refractivity contribution >= 4 is 38.6 Å². The predicted molar refractivity (Wildman–Crippen MR) is 133 cm³/mol. The zero-order valence-corrected chi connectivity index (χ0v) is 19.3. The number of rotatable bonds is 5. The van der Waals surface area contributed by atoms with Crippen LogP contribution in [-0.4, -0.2) is 31.6 Å². The fourth-order valence-corrected chi connectivity index (χ4v) is 6.35. The lowest BCUT2D eigenvalue weighted by Gasteiger charge is -2.17. The monoisotopic (exact) mass is 475 g/mol. The van der Waals surface area contributed by atoms with Gasteiger partial charge in [-0.05, 0) is 30.7 Å². The van der Waals surface area contributed by atoms with Gasteiger partial charge in [0.15, 0.2) is 0 Å². The Hall–Kier alpha value is -3.49. The summed E-state index contributed by atoms with van der Waals surface area (Å²) in [6.07, 6.45) is 0.623. The molecule has 0 aliphatic carbocycles.